The van der Waals surface area contributed by atoms with E-state index in [4.69, 9.17) is 0 Å². The highest BCUT2D eigenvalue weighted by Gasteiger charge is 2.04. The first-order valence-electron chi connectivity index (χ1n) is 12.2. The molecule has 0 aliphatic carbocycles. The molecule has 0 fully saturated rings. The molecular formula is C33H35N3. The third-order valence-corrected chi connectivity index (χ3v) is 6.32. The second-order valence-corrected chi connectivity index (χ2v) is 9.38. The van der Waals surface area contributed by atoms with Crippen molar-refractivity contribution >= 4 is 47.1 Å². The topological polar surface area (TPSA) is 9.72 Å². The highest BCUT2D eigenvalue weighted by atomic mass is 15.1. The van der Waals surface area contributed by atoms with Crippen molar-refractivity contribution in [3.63, 3.8) is 0 Å². The lowest BCUT2D eigenvalue weighted by molar-refractivity contribution is 1.13. The Morgan fingerprint density at radius 2 is 0.556 bits per heavy atom. The minimum absolute atomic E-state index is 1.16. The van der Waals surface area contributed by atoms with Crippen LogP contribution in [0.2, 0.25) is 0 Å². The molecule has 0 saturated carbocycles. The number of hydrogen-bond acceptors (Lipinski definition) is 3. The summed E-state index contributed by atoms with van der Waals surface area (Å²) in [7, 11) is 10.3. The first kappa shape index (κ1) is 24.9. The molecule has 0 bridgehead atoms. The summed E-state index contributed by atoms with van der Waals surface area (Å²) in [6.45, 7) is 0. The van der Waals surface area contributed by atoms with Crippen molar-refractivity contribution in [2.24, 2.45) is 0 Å². The summed E-state index contributed by atoms with van der Waals surface area (Å²) in [6, 6.07) is 34.5. The third kappa shape index (κ3) is 6.45. The Bertz CT molecular complexity index is 1190. The average molecular weight is 474 g/mol. The summed E-state index contributed by atoms with van der Waals surface area (Å²) >= 11 is 0. The highest BCUT2D eigenvalue weighted by molar-refractivity contribution is 5.74. The Hall–Kier alpha value is -4.24. The van der Waals surface area contributed by atoms with Gasteiger partial charge in [0.2, 0.25) is 0 Å². The molecule has 3 heteroatoms. The molecule has 36 heavy (non-hydrogen) atoms. The zero-order chi connectivity index (χ0) is 25.5. The fourth-order valence-corrected chi connectivity index (χ4v) is 3.92. The molecule has 3 nitrogen and oxygen atoms in total. The summed E-state index contributed by atoms with van der Waals surface area (Å²) in [6.07, 6.45) is 8.62. The van der Waals surface area contributed by atoms with E-state index in [9.17, 15) is 0 Å². The molecule has 0 saturated heterocycles. The van der Waals surface area contributed by atoms with Gasteiger partial charge < -0.3 is 14.7 Å². The van der Waals surface area contributed by atoms with E-state index in [-0.39, 0.29) is 0 Å². The van der Waals surface area contributed by atoms with E-state index in [0.717, 1.165) is 11.4 Å². The zero-order valence-corrected chi connectivity index (χ0v) is 21.9. The van der Waals surface area contributed by atoms with E-state index in [0.29, 0.717) is 0 Å². The molecule has 0 spiro atoms. The lowest BCUT2D eigenvalue weighted by Crippen LogP contribution is -2.08. The summed E-state index contributed by atoms with van der Waals surface area (Å²) in [5.74, 6) is 0. The van der Waals surface area contributed by atoms with Crippen molar-refractivity contribution in [2.45, 2.75) is 0 Å². The van der Waals surface area contributed by atoms with Crippen LogP contribution in [0.15, 0.2) is 97.1 Å². The van der Waals surface area contributed by atoms with Gasteiger partial charge in [-0.2, -0.15) is 0 Å². The largest absolute Gasteiger partial charge is 0.378 e. The predicted octanol–water partition coefficient (Wildman–Crippen LogP) is 7.93. The van der Waals surface area contributed by atoms with Gasteiger partial charge in [0, 0.05) is 58.0 Å². The normalized spacial score (nSPS) is 11.2. The van der Waals surface area contributed by atoms with Crippen molar-refractivity contribution < 1.29 is 0 Å². The van der Waals surface area contributed by atoms with Crippen molar-refractivity contribution in [3.8, 4) is 0 Å². The minimum atomic E-state index is 1.16. The van der Waals surface area contributed by atoms with E-state index in [1.54, 1.807) is 0 Å². The molecule has 0 aromatic heterocycles. The molecule has 0 unspecified atom stereocenters. The zero-order valence-electron chi connectivity index (χ0n) is 21.9. The molecule has 0 aliphatic heterocycles. The maximum absolute atomic E-state index is 2.21. The van der Waals surface area contributed by atoms with E-state index in [1.165, 1.54) is 33.6 Å². The number of benzene rings is 4. The molecule has 0 atom stereocenters. The second-order valence-electron chi connectivity index (χ2n) is 9.38. The summed E-state index contributed by atoms with van der Waals surface area (Å²) in [5, 5.41) is 0. The Kier molecular flexibility index (Phi) is 7.92. The Morgan fingerprint density at radius 3 is 0.778 bits per heavy atom. The number of anilines is 4. The van der Waals surface area contributed by atoms with Gasteiger partial charge in [-0.25, -0.2) is 0 Å². The maximum Gasteiger partial charge on any atom is 0.0408 e. The van der Waals surface area contributed by atoms with Gasteiger partial charge >= 0.3 is 0 Å². The standard InChI is InChI=1S/C33H35N3/c1-34(2)30-18-10-26(11-19-30)6-8-28-14-22-32(23-15-28)36(5)33-24-16-29(17-25-33)9-7-27-12-20-31(21-13-27)35(3)4/h6-25H,1-5H3/b8-6+,9-7+. The van der Waals surface area contributed by atoms with Crippen LogP contribution in [0, 0.1) is 0 Å². The fraction of sp³-hybridized carbons (Fsp3) is 0.152. The van der Waals surface area contributed by atoms with Gasteiger partial charge in [-0.15, -0.1) is 0 Å². The lowest BCUT2D eigenvalue weighted by Gasteiger charge is -2.20. The van der Waals surface area contributed by atoms with E-state index >= 15 is 0 Å². The van der Waals surface area contributed by atoms with Crippen molar-refractivity contribution in [3.05, 3.63) is 119 Å². The molecular weight excluding hydrogens is 438 g/mol. The Balaban J connectivity index is 1.37. The van der Waals surface area contributed by atoms with Gasteiger partial charge in [-0.05, 0) is 70.8 Å². The molecule has 182 valence electrons. The smallest absolute Gasteiger partial charge is 0.0408 e. The molecule has 0 amide bonds. The molecule has 0 radical (unpaired) electrons. The first-order valence-corrected chi connectivity index (χ1v) is 12.2. The van der Waals surface area contributed by atoms with Crippen LogP contribution in [0.5, 0.6) is 0 Å². The van der Waals surface area contributed by atoms with E-state index < -0.39 is 0 Å². The minimum Gasteiger partial charge on any atom is -0.378 e. The van der Waals surface area contributed by atoms with Gasteiger partial charge in [-0.1, -0.05) is 72.8 Å². The van der Waals surface area contributed by atoms with E-state index in [2.05, 4.69) is 171 Å². The quantitative estimate of drug-likeness (QED) is 0.241. The van der Waals surface area contributed by atoms with Crippen LogP contribution in [0.1, 0.15) is 22.3 Å². The summed E-state index contributed by atoms with van der Waals surface area (Å²) in [4.78, 5) is 6.43. The molecule has 4 rings (SSSR count). The number of hydrogen-bond donors (Lipinski definition) is 0. The Labute approximate surface area is 216 Å². The van der Waals surface area contributed by atoms with Crippen LogP contribution >= 0.6 is 0 Å². The van der Waals surface area contributed by atoms with Crippen molar-refractivity contribution in [1.82, 2.24) is 0 Å². The van der Waals surface area contributed by atoms with Crippen LogP contribution in [0.25, 0.3) is 24.3 Å². The first-order chi connectivity index (χ1) is 17.4. The molecule has 0 N–H and O–H groups in total. The summed E-state index contributed by atoms with van der Waals surface area (Å²) in [5.41, 5.74) is 9.49. The van der Waals surface area contributed by atoms with Gasteiger partial charge in [-0.3, -0.25) is 0 Å². The highest BCUT2D eigenvalue weighted by Crippen LogP contribution is 2.25. The summed E-state index contributed by atoms with van der Waals surface area (Å²) < 4.78 is 0. The van der Waals surface area contributed by atoms with Crippen molar-refractivity contribution in [2.75, 3.05) is 49.9 Å². The van der Waals surface area contributed by atoms with Gasteiger partial charge in [0.05, 0.1) is 0 Å². The lowest BCUT2D eigenvalue weighted by atomic mass is 10.1. The van der Waals surface area contributed by atoms with Crippen LogP contribution in [0.3, 0.4) is 0 Å². The van der Waals surface area contributed by atoms with E-state index in [1.807, 2.05) is 0 Å². The van der Waals surface area contributed by atoms with Gasteiger partial charge in [0.1, 0.15) is 0 Å². The molecule has 4 aromatic carbocycles. The molecule has 0 aliphatic rings. The van der Waals surface area contributed by atoms with Gasteiger partial charge in [0.25, 0.3) is 0 Å². The number of nitrogens with zero attached hydrogens (tertiary/aromatic N) is 3. The van der Waals surface area contributed by atoms with Crippen LogP contribution in [-0.2, 0) is 0 Å². The monoisotopic (exact) mass is 473 g/mol. The predicted molar refractivity (Wildman–Crippen MR) is 160 cm³/mol. The second kappa shape index (κ2) is 11.5. The Morgan fingerprint density at radius 1 is 0.333 bits per heavy atom. The number of rotatable bonds is 8. The van der Waals surface area contributed by atoms with Crippen LogP contribution in [0.4, 0.5) is 22.7 Å². The third-order valence-electron chi connectivity index (χ3n) is 6.32. The van der Waals surface area contributed by atoms with Crippen molar-refractivity contribution in [1.29, 1.82) is 0 Å². The SMILES string of the molecule is CN(C)c1ccc(/C=C/c2ccc(N(C)c3ccc(/C=C/c4ccc(N(C)C)cc4)cc3)cc2)cc1. The van der Waals surface area contributed by atoms with Gasteiger partial charge in [0.15, 0.2) is 0 Å². The average Bonchev–Trinajstić information content (AvgIpc) is 2.91. The maximum atomic E-state index is 2.21. The van der Waals surface area contributed by atoms with Crippen LogP contribution in [-0.4, -0.2) is 35.2 Å². The molecule has 0 heterocycles. The van der Waals surface area contributed by atoms with Crippen LogP contribution < -0.4 is 14.7 Å². The fourth-order valence-electron chi connectivity index (χ4n) is 3.92. The molecule has 4 aromatic rings.